The number of benzene rings is 2. The Hall–Kier alpha value is -2.85. The number of nitrogens with one attached hydrogen (secondary N) is 2. The Morgan fingerprint density at radius 1 is 1.10 bits per heavy atom. The Bertz CT molecular complexity index is 1070. The fourth-order valence-corrected chi connectivity index (χ4v) is 3.90. The van der Waals surface area contributed by atoms with Crippen molar-refractivity contribution in [1.82, 2.24) is 14.8 Å². The summed E-state index contributed by atoms with van der Waals surface area (Å²) >= 11 is 4.66. The number of halogens is 1. The predicted molar refractivity (Wildman–Crippen MR) is 121 cm³/mol. The Morgan fingerprint density at radius 3 is 2.40 bits per heavy atom. The van der Waals surface area contributed by atoms with Crippen LogP contribution in [-0.2, 0) is 16.1 Å². The molecular weight excluding hydrogens is 470 g/mol. The van der Waals surface area contributed by atoms with E-state index in [1.54, 1.807) is 42.5 Å². The van der Waals surface area contributed by atoms with Gasteiger partial charge in [0, 0.05) is 29.3 Å². The van der Waals surface area contributed by atoms with E-state index in [1.165, 1.54) is 18.7 Å². The molecule has 2 aromatic carbocycles. The molecule has 0 radical (unpaired) electrons. The molecule has 3 aromatic rings. The van der Waals surface area contributed by atoms with Crippen LogP contribution in [0.25, 0.3) is 11.4 Å². The molecule has 0 aliphatic carbocycles. The van der Waals surface area contributed by atoms with Crippen molar-refractivity contribution >= 4 is 50.9 Å². The van der Waals surface area contributed by atoms with Crippen molar-refractivity contribution in [3.05, 3.63) is 46.9 Å². The van der Waals surface area contributed by atoms with Gasteiger partial charge >= 0.3 is 0 Å². The van der Waals surface area contributed by atoms with Crippen LogP contribution in [0, 0.1) is 0 Å². The van der Waals surface area contributed by atoms with Gasteiger partial charge in [0.15, 0.2) is 11.0 Å². The molecule has 3 rings (SSSR count). The highest BCUT2D eigenvalue weighted by Gasteiger charge is 2.17. The van der Waals surface area contributed by atoms with Gasteiger partial charge in [0.1, 0.15) is 5.75 Å². The van der Waals surface area contributed by atoms with E-state index in [0.717, 1.165) is 4.47 Å². The van der Waals surface area contributed by atoms with Crippen LogP contribution in [0.2, 0.25) is 0 Å². The first-order valence-corrected chi connectivity index (χ1v) is 10.9. The molecule has 0 bridgehead atoms. The first-order valence-electron chi connectivity index (χ1n) is 9.09. The zero-order valence-electron chi connectivity index (χ0n) is 16.3. The van der Waals surface area contributed by atoms with Crippen molar-refractivity contribution in [2.45, 2.75) is 25.5 Å². The van der Waals surface area contributed by atoms with Crippen molar-refractivity contribution in [2.24, 2.45) is 0 Å². The summed E-state index contributed by atoms with van der Waals surface area (Å²) < 4.78 is 2.67. The SMILES string of the molecule is CCn1c(SCC(=O)Nc2ccc(NC(C)=O)cc2)nnc1-c1cc(Br)ccc1O. The molecule has 0 saturated carbocycles. The second-order valence-electron chi connectivity index (χ2n) is 6.31. The largest absolute Gasteiger partial charge is 0.507 e. The number of aromatic nitrogens is 3. The summed E-state index contributed by atoms with van der Waals surface area (Å²) in [7, 11) is 0. The lowest BCUT2D eigenvalue weighted by molar-refractivity contribution is -0.114. The molecule has 0 aliphatic heterocycles. The van der Waals surface area contributed by atoms with Crippen LogP contribution in [0.1, 0.15) is 13.8 Å². The molecular formula is C20H20BrN5O3S. The standard InChI is InChI=1S/C20H20BrN5O3S/c1-3-26-19(16-10-13(21)4-9-17(16)28)24-25-20(26)30-11-18(29)23-15-7-5-14(6-8-15)22-12(2)27/h4-10,28H,3,11H2,1-2H3,(H,22,27)(H,23,29). The highest BCUT2D eigenvalue weighted by Crippen LogP contribution is 2.32. The third-order valence-electron chi connectivity index (χ3n) is 4.05. The first-order chi connectivity index (χ1) is 14.4. The molecule has 0 unspecified atom stereocenters. The molecule has 0 aliphatic rings. The highest BCUT2D eigenvalue weighted by atomic mass is 79.9. The smallest absolute Gasteiger partial charge is 0.234 e. The third kappa shape index (κ3) is 5.39. The van der Waals surface area contributed by atoms with Crippen molar-refractivity contribution in [2.75, 3.05) is 16.4 Å². The van der Waals surface area contributed by atoms with Gasteiger partial charge in [0.2, 0.25) is 11.8 Å². The first kappa shape index (κ1) is 21.8. The summed E-state index contributed by atoms with van der Waals surface area (Å²) in [5.41, 5.74) is 1.86. The molecule has 10 heteroatoms. The van der Waals surface area contributed by atoms with E-state index in [-0.39, 0.29) is 23.3 Å². The van der Waals surface area contributed by atoms with Crippen molar-refractivity contribution in [3.8, 4) is 17.1 Å². The molecule has 30 heavy (non-hydrogen) atoms. The number of thioether (sulfide) groups is 1. The number of aromatic hydroxyl groups is 1. The number of hydrogen-bond donors (Lipinski definition) is 3. The summed E-state index contributed by atoms with van der Waals surface area (Å²) in [6.07, 6.45) is 0. The molecule has 1 heterocycles. The molecule has 0 fully saturated rings. The summed E-state index contributed by atoms with van der Waals surface area (Å²) in [5, 5.41) is 24.6. The van der Waals surface area contributed by atoms with Crippen LogP contribution in [0.5, 0.6) is 5.75 Å². The van der Waals surface area contributed by atoms with Crippen LogP contribution in [0.3, 0.4) is 0 Å². The van der Waals surface area contributed by atoms with E-state index in [2.05, 4.69) is 36.8 Å². The molecule has 156 valence electrons. The van der Waals surface area contributed by atoms with Gasteiger partial charge in [-0.25, -0.2) is 0 Å². The van der Waals surface area contributed by atoms with E-state index in [9.17, 15) is 14.7 Å². The Balaban J connectivity index is 1.66. The number of anilines is 2. The summed E-state index contributed by atoms with van der Waals surface area (Å²) in [4.78, 5) is 23.4. The quantitative estimate of drug-likeness (QED) is 0.430. The highest BCUT2D eigenvalue weighted by molar-refractivity contribution is 9.10. The number of carbonyl (C=O) groups is 2. The van der Waals surface area contributed by atoms with Gasteiger partial charge in [-0.05, 0) is 49.4 Å². The lowest BCUT2D eigenvalue weighted by Crippen LogP contribution is -2.14. The number of phenolic OH excluding ortho intramolecular Hbond substituents is 1. The van der Waals surface area contributed by atoms with Crippen LogP contribution < -0.4 is 10.6 Å². The van der Waals surface area contributed by atoms with Gasteiger partial charge in [-0.1, -0.05) is 27.7 Å². The lowest BCUT2D eigenvalue weighted by atomic mass is 10.2. The lowest BCUT2D eigenvalue weighted by Gasteiger charge is -2.09. The topological polar surface area (TPSA) is 109 Å². The summed E-state index contributed by atoms with van der Waals surface area (Å²) in [6.45, 7) is 3.97. The molecule has 0 saturated heterocycles. The minimum Gasteiger partial charge on any atom is -0.507 e. The van der Waals surface area contributed by atoms with Gasteiger partial charge in [-0.15, -0.1) is 10.2 Å². The molecule has 1 aromatic heterocycles. The van der Waals surface area contributed by atoms with E-state index in [0.29, 0.717) is 34.5 Å². The predicted octanol–water partition coefficient (Wildman–Crippen LogP) is 4.12. The van der Waals surface area contributed by atoms with Crippen molar-refractivity contribution in [3.63, 3.8) is 0 Å². The second-order valence-corrected chi connectivity index (χ2v) is 8.17. The van der Waals surface area contributed by atoms with Crippen LogP contribution in [0.4, 0.5) is 11.4 Å². The molecule has 2 amide bonds. The van der Waals surface area contributed by atoms with E-state index in [4.69, 9.17) is 0 Å². The Morgan fingerprint density at radius 2 is 1.77 bits per heavy atom. The van der Waals surface area contributed by atoms with E-state index >= 15 is 0 Å². The zero-order chi connectivity index (χ0) is 21.7. The normalized spacial score (nSPS) is 10.6. The molecule has 8 nitrogen and oxygen atoms in total. The van der Waals surface area contributed by atoms with Gasteiger partial charge in [0.05, 0.1) is 11.3 Å². The van der Waals surface area contributed by atoms with Gasteiger partial charge in [0.25, 0.3) is 0 Å². The van der Waals surface area contributed by atoms with Crippen LogP contribution in [-0.4, -0.2) is 37.4 Å². The molecule has 0 atom stereocenters. The summed E-state index contributed by atoms with van der Waals surface area (Å²) in [5.74, 6) is 0.449. The maximum atomic E-state index is 12.3. The number of hydrogen-bond acceptors (Lipinski definition) is 6. The van der Waals surface area contributed by atoms with Gasteiger partial charge < -0.3 is 20.3 Å². The van der Waals surface area contributed by atoms with E-state index in [1.807, 2.05) is 11.5 Å². The van der Waals surface area contributed by atoms with E-state index < -0.39 is 0 Å². The monoisotopic (exact) mass is 489 g/mol. The molecule has 3 N–H and O–H groups in total. The Kier molecular flexibility index (Phi) is 7.11. The maximum absolute atomic E-state index is 12.3. The van der Waals surface area contributed by atoms with Crippen LogP contribution >= 0.6 is 27.7 Å². The fraction of sp³-hybridized carbons (Fsp3) is 0.200. The number of nitrogens with zero attached hydrogens (tertiary/aromatic N) is 3. The van der Waals surface area contributed by atoms with Crippen molar-refractivity contribution in [1.29, 1.82) is 0 Å². The summed E-state index contributed by atoms with van der Waals surface area (Å²) in [6, 6.07) is 12.0. The maximum Gasteiger partial charge on any atom is 0.234 e. The number of rotatable bonds is 7. The van der Waals surface area contributed by atoms with Crippen LogP contribution in [0.15, 0.2) is 52.1 Å². The number of carbonyl (C=O) groups excluding carboxylic acids is 2. The number of phenols is 1. The Labute approximate surface area is 186 Å². The average Bonchev–Trinajstić information content (AvgIpc) is 3.12. The second kappa shape index (κ2) is 9.77. The van der Waals surface area contributed by atoms with Crippen molar-refractivity contribution < 1.29 is 14.7 Å². The fourth-order valence-electron chi connectivity index (χ4n) is 2.73. The minimum absolute atomic E-state index is 0.109. The van der Waals surface area contributed by atoms with Gasteiger partial charge in [-0.3, -0.25) is 9.59 Å². The average molecular weight is 490 g/mol. The molecule has 0 spiro atoms. The number of amides is 2. The minimum atomic E-state index is -0.190. The zero-order valence-corrected chi connectivity index (χ0v) is 18.7. The van der Waals surface area contributed by atoms with Gasteiger partial charge in [-0.2, -0.15) is 0 Å². The third-order valence-corrected chi connectivity index (χ3v) is 5.51.